The second kappa shape index (κ2) is 9.88. The Balaban J connectivity index is 1.56. The monoisotopic (exact) mass is 335 g/mol. The summed E-state index contributed by atoms with van der Waals surface area (Å²) in [5, 5.41) is 3.50. The number of para-hydroxylation sites is 1. The minimum Gasteiger partial charge on any atom is -0.368 e. The summed E-state index contributed by atoms with van der Waals surface area (Å²) in [6.45, 7) is 1.43. The van der Waals surface area contributed by atoms with Crippen LogP contribution in [0.3, 0.4) is 0 Å². The van der Waals surface area contributed by atoms with Gasteiger partial charge in [0.2, 0.25) is 0 Å². The Morgan fingerprint density at radius 2 is 1.80 bits per heavy atom. The van der Waals surface area contributed by atoms with Gasteiger partial charge in [0.05, 0.1) is 6.61 Å². The second-order valence-corrected chi connectivity index (χ2v) is 6.09. The van der Waals surface area contributed by atoms with Gasteiger partial charge >= 0.3 is 0 Å². The van der Waals surface area contributed by atoms with Crippen molar-refractivity contribution in [3.63, 3.8) is 0 Å². The van der Waals surface area contributed by atoms with Crippen LogP contribution < -0.4 is 5.32 Å². The van der Waals surface area contributed by atoms with Crippen LogP contribution in [0.25, 0.3) is 0 Å². The average molecular weight is 335 g/mol. The molecule has 0 saturated carbocycles. The van der Waals surface area contributed by atoms with Crippen molar-refractivity contribution in [2.24, 2.45) is 0 Å². The molecule has 1 aliphatic heterocycles. The van der Waals surface area contributed by atoms with Gasteiger partial charge in [-0.1, -0.05) is 60.4 Å². The van der Waals surface area contributed by atoms with Gasteiger partial charge in [-0.25, -0.2) is 0 Å². The molecule has 3 heteroatoms. The average Bonchev–Trinajstić information content (AvgIpc) is 2.69. The molecule has 2 atom stereocenters. The topological polar surface area (TPSA) is 30.5 Å². The fraction of sp³-hybridized carbons (Fsp3) is 0.364. The van der Waals surface area contributed by atoms with Gasteiger partial charge < -0.3 is 14.8 Å². The molecule has 0 spiro atoms. The largest absolute Gasteiger partial charge is 0.368 e. The van der Waals surface area contributed by atoms with Gasteiger partial charge in [0, 0.05) is 18.7 Å². The highest BCUT2D eigenvalue weighted by atomic mass is 16.7. The molecule has 0 radical (unpaired) electrons. The first-order chi connectivity index (χ1) is 12.4. The molecule has 0 bridgehead atoms. The molecule has 25 heavy (non-hydrogen) atoms. The fourth-order valence-electron chi connectivity index (χ4n) is 2.81. The van der Waals surface area contributed by atoms with E-state index in [1.54, 1.807) is 0 Å². The molecule has 0 aliphatic carbocycles. The van der Waals surface area contributed by atoms with Crippen LogP contribution in [0.4, 0.5) is 5.69 Å². The lowest BCUT2D eigenvalue weighted by atomic mass is 10.1. The first kappa shape index (κ1) is 17.5. The predicted octanol–water partition coefficient (Wildman–Crippen LogP) is 4.78. The summed E-state index contributed by atoms with van der Waals surface area (Å²) in [4.78, 5) is 0. The van der Waals surface area contributed by atoms with Crippen LogP contribution in [0, 0.1) is 11.8 Å². The summed E-state index contributed by atoms with van der Waals surface area (Å²) in [5.74, 6) is 6.59. The maximum absolute atomic E-state index is 5.74. The van der Waals surface area contributed by atoms with Gasteiger partial charge in [-0.3, -0.25) is 0 Å². The van der Waals surface area contributed by atoms with Gasteiger partial charge in [0.25, 0.3) is 0 Å². The number of hydrogen-bond acceptors (Lipinski definition) is 3. The van der Waals surface area contributed by atoms with Crippen molar-refractivity contribution in [2.75, 3.05) is 18.5 Å². The molecule has 3 rings (SSSR count). The van der Waals surface area contributed by atoms with Gasteiger partial charge in [-0.15, -0.1) is 0 Å². The Morgan fingerprint density at radius 3 is 2.52 bits per heavy atom. The first-order valence-corrected chi connectivity index (χ1v) is 9.00. The van der Waals surface area contributed by atoms with Crippen molar-refractivity contribution in [1.82, 2.24) is 0 Å². The number of nitrogens with one attached hydrogen (secondary N) is 1. The third kappa shape index (κ3) is 5.94. The van der Waals surface area contributed by atoms with E-state index in [4.69, 9.17) is 9.47 Å². The van der Waals surface area contributed by atoms with E-state index in [-0.39, 0.29) is 12.3 Å². The van der Waals surface area contributed by atoms with Crippen molar-refractivity contribution < 1.29 is 9.47 Å². The molecule has 0 aromatic heterocycles. The number of benzene rings is 2. The highest BCUT2D eigenvalue weighted by molar-refractivity contribution is 5.48. The quantitative estimate of drug-likeness (QED) is 0.609. The molecular formula is C22H25NO2. The lowest BCUT2D eigenvalue weighted by molar-refractivity contribution is -0.161. The molecule has 1 fully saturated rings. The Morgan fingerprint density at radius 1 is 1.04 bits per heavy atom. The van der Waals surface area contributed by atoms with Gasteiger partial charge in [-0.2, -0.15) is 0 Å². The highest BCUT2D eigenvalue weighted by Gasteiger charge is 2.13. The number of ether oxygens (including phenoxy) is 2. The molecule has 1 aliphatic rings. The summed E-state index contributed by atoms with van der Waals surface area (Å²) in [5.41, 5.74) is 2.23. The van der Waals surface area contributed by atoms with Gasteiger partial charge in [0.15, 0.2) is 6.29 Å². The van der Waals surface area contributed by atoms with Gasteiger partial charge in [0.1, 0.15) is 6.04 Å². The zero-order chi connectivity index (χ0) is 17.2. The molecule has 2 unspecified atom stereocenters. The molecule has 1 heterocycles. The molecule has 2 aromatic carbocycles. The van der Waals surface area contributed by atoms with Crippen LogP contribution in [0.1, 0.15) is 37.3 Å². The van der Waals surface area contributed by atoms with Crippen LogP contribution in [-0.2, 0) is 9.47 Å². The summed E-state index contributed by atoms with van der Waals surface area (Å²) in [6, 6.07) is 20.4. The molecule has 0 amide bonds. The van der Waals surface area contributed by atoms with Crippen molar-refractivity contribution >= 4 is 5.69 Å². The van der Waals surface area contributed by atoms with Crippen LogP contribution in [0.5, 0.6) is 0 Å². The number of anilines is 1. The SMILES string of the molecule is C(#CC(Nc1ccccc1)c1ccccc1)CCOC1CCCCO1. The normalized spacial score (nSPS) is 18.0. The van der Waals surface area contributed by atoms with E-state index in [0.717, 1.165) is 30.7 Å². The maximum Gasteiger partial charge on any atom is 0.157 e. The smallest absolute Gasteiger partial charge is 0.157 e. The standard InChI is InChI=1S/C22H25NO2/c1-3-11-19(12-4-1)21(23-20-13-5-2-6-14-20)15-7-9-17-24-22-16-8-10-18-25-22/h1-6,11-14,21-23H,8-10,16-18H2. The Bertz CT molecular complexity index is 669. The molecule has 3 nitrogen and oxygen atoms in total. The van der Waals surface area contributed by atoms with Crippen LogP contribution in [0.15, 0.2) is 60.7 Å². The van der Waals surface area contributed by atoms with E-state index in [1.165, 1.54) is 6.42 Å². The van der Waals surface area contributed by atoms with Crippen molar-refractivity contribution in [1.29, 1.82) is 0 Å². The van der Waals surface area contributed by atoms with E-state index in [0.29, 0.717) is 13.0 Å². The minimum atomic E-state index is -0.0390. The Labute approximate surface area is 150 Å². The summed E-state index contributed by atoms with van der Waals surface area (Å²) in [6.07, 6.45) is 4.00. The fourth-order valence-corrected chi connectivity index (χ4v) is 2.81. The maximum atomic E-state index is 5.74. The molecular weight excluding hydrogens is 310 g/mol. The summed E-state index contributed by atoms with van der Waals surface area (Å²) >= 11 is 0. The Kier molecular flexibility index (Phi) is 6.93. The van der Waals surface area contributed by atoms with E-state index in [1.807, 2.05) is 36.4 Å². The summed E-state index contributed by atoms with van der Waals surface area (Å²) in [7, 11) is 0. The van der Waals surface area contributed by atoms with E-state index >= 15 is 0 Å². The van der Waals surface area contributed by atoms with E-state index in [9.17, 15) is 0 Å². The molecule has 130 valence electrons. The minimum absolute atomic E-state index is 0.0328. The zero-order valence-electron chi connectivity index (χ0n) is 14.5. The lowest BCUT2D eigenvalue weighted by Crippen LogP contribution is -2.22. The number of rotatable bonds is 6. The van der Waals surface area contributed by atoms with Crippen LogP contribution in [-0.4, -0.2) is 19.5 Å². The highest BCUT2D eigenvalue weighted by Crippen LogP contribution is 2.19. The summed E-state index contributed by atoms with van der Waals surface area (Å²) < 4.78 is 11.3. The Hall–Kier alpha value is -2.28. The van der Waals surface area contributed by atoms with Crippen molar-refractivity contribution in [2.45, 2.75) is 38.0 Å². The second-order valence-electron chi connectivity index (χ2n) is 6.09. The van der Waals surface area contributed by atoms with Crippen molar-refractivity contribution in [3.05, 3.63) is 66.2 Å². The molecule has 2 aromatic rings. The first-order valence-electron chi connectivity index (χ1n) is 9.00. The molecule has 1 saturated heterocycles. The third-order valence-corrected chi connectivity index (χ3v) is 4.13. The van der Waals surface area contributed by atoms with E-state index in [2.05, 4.69) is 41.4 Å². The van der Waals surface area contributed by atoms with E-state index < -0.39 is 0 Å². The number of hydrogen-bond donors (Lipinski definition) is 1. The molecule has 1 N–H and O–H groups in total. The predicted molar refractivity (Wildman–Crippen MR) is 101 cm³/mol. The lowest BCUT2D eigenvalue weighted by Gasteiger charge is -2.22. The van der Waals surface area contributed by atoms with Crippen molar-refractivity contribution in [3.8, 4) is 11.8 Å². The zero-order valence-corrected chi connectivity index (χ0v) is 14.5. The van der Waals surface area contributed by atoms with Crippen LogP contribution in [0.2, 0.25) is 0 Å². The van der Waals surface area contributed by atoms with Crippen LogP contribution >= 0.6 is 0 Å². The third-order valence-electron chi connectivity index (χ3n) is 4.13. The van der Waals surface area contributed by atoms with Gasteiger partial charge in [-0.05, 0) is 37.0 Å².